The van der Waals surface area contributed by atoms with Crippen LogP contribution in [0.1, 0.15) is 56.9 Å². The minimum Gasteiger partial charge on any atom is -0.497 e. The van der Waals surface area contributed by atoms with E-state index in [0.717, 1.165) is 24.5 Å². The fourth-order valence-corrected chi connectivity index (χ4v) is 3.49. The lowest BCUT2D eigenvalue weighted by molar-refractivity contribution is 0.303. The molecule has 3 heteroatoms. The Kier molecular flexibility index (Phi) is 9.40. The van der Waals surface area contributed by atoms with E-state index in [-0.39, 0.29) is 0 Å². The second-order valence-electron chi connectivity index (χ2n) is 6.23. The van der Waals surface area contributed by atoms with Crippen LogP contribution in [-0.2, 0) is 6.42 Å². The molecule has 0 saturated carbocycles. The van der Waals surface area contributed by atoms with Gasteiger partial charge in [-0.05, 0) is 65.9 Å². The van der Waals surface area contributed by atoms with Gasteiger partial charge in [-0.2, -0.15) is 11.3 Å². The molecule has 2 nitrogen and oxygen atoms in total. The zero-order valence-corrected chi connectivity index (χ0v) is 15.7. The Balaban J connectivity index is 1.36. The van der Waals surface area contributed by atoms with E-state index >= 15 is 0 Å². The van der Waals surface area contributed by atoms with Crippen LogP contribution >= 0.6 is 11.3 Å². The summed E-state index contributed by atoms with van der Waals surface area (Å²) in [6, 6.07) is 10.1. The van der Waals surface area contributed by atoms with Crippen molar-refractivity contribution >= 4 is 11.3 Å². The molecule has 0 fully saturated rings. The van der Waals surface area contributed by atoms with Gasteiger partial charge in [0.25, 0.3) is 0 Å². The molecule has 24 heavy (non-hydrogen) atoms. The van der Waals surface area contributed by atoms with Gasteiger partial charge in [0.15, 0.2) is 0 Å². The fraction of sp³-hybridized carbons (Fsp3) is 0.524. The quantitative estimate of drug-likeness (QED) is 0.385. The van der Waals surface area contributed by atoms with Crippen LogP contribution in [0, 0.1) is 0 Å². The minimum atomic E-state index is 0.812. The Morgan fingerprint density at radius 2 is 1.38 bits per heavy atom. The number of rotatable bonds is 13. The van der Waals surface area contributed by atoms with Crippen molar-refractivity contribution in [3.63, 3.8) is 0 Å². The molecular formula is C21H30O2S. The summed E-state index contributed by atoms with van der Waals surface area (Å²) in [5, 5.41) is 4.45. The standard InChI is InChI=1S/C21H30O2S/c1-22-20-11-13-21(14-12-20)23-16-9-7-5-3-2-4-6-8-10-19-15-17-24-18-19/h11-15,17-18H,2-10,16H2,1H3. The third kappa shape index (κ3) is 7.87. The van der Waals surface area contributed by atoms with Crippen molar-refractivity contribution in [2.45, 2.75) is 57.8 Å². The molecule has 1 aromatic heterocycles. The molecule has 1 heterocycles. The number of methoxy groups -OCH3 is 1. The number of thiophene rings is 1. The fourth-order valence-electron chi connectivity index (χ4n) is 2.79. The predicted octanol–water partition coefficient (Wildman–Crippen LogP) is 6.50. The SMILES string of the molecule is COc1ccc(OCCCCCCCCCCc2ccsc2)cc1. The normalized spacial score (nSPS) is 10.7. The van der Waals surface area contributed by atoms with Gasteiger partial charge in [-0.3, -0.25) is 0 Å². The monoisotopic (exact) mass is 346 g/mol. The Hall–Kier alpha value is -1.48. The van der Waals surface area contributed by atoms with Crippen LogP contribution in [0.5, 0.6) is 11.5 Å². The number of benzene rings is 1. The highest BCUT2D eigenvalue weighted by Gasteiger charge is 1.97. The zero-order valence-electron chi connectivity index (χ0n) is 14.8. The summed E-state index contributed by atoms with van der Waals surface area (Å²) in [6.45, 7) is 0.812. The zero-order chi connectivity index (χ0) is 16.9. The van der Waals surface area contributed by atoms with E-state index in [4.69, 9.17) is 9.47 Å². The first-order chi connectivity index (χ1) is 11.9. The number of hydrogen-bond acceptors (Lipinski definition) is 3. The summed E-state index contributed by atoms with van der Waals surface area (Å²) >= 11 is 1.81. The molecule has 0 unspecified atom stereocenters. The maximum atomic E-state index is 5.75. The smallest absolute Gasteiger partial charge is 0.119 e. The van der Waals surface area contributed by atoms with Crippen molar-refractivity contribution in [2.75, 3.05) is 13.7 Å². The first-order valence-corrected chi connectivity index (χ1v) is 10.1. The van der Waals surface area contributed by atoms with E-state index in [1.165, 1.54) is 56.9 Å². The van der Waals surface area contributed by atoms with Gasteiger partial charge >= 0.3 is 0 Å². The summed E-state index contributed by atoms with van der Waals surface area (Å²) in [7, 11) is 1.68. The summed E-state index contributed by atoms with van der Waals surface area (Å²) in [6.07, 6.45) is 11.8. The molecule has 132 valence electrons. The van der Waals surface area contributed by atoms with Crippen LogP contribution in [0.3, 0.4) is 0 Å². The van der Waals surface area contributed by atoms with Crippen molar-refractivity contribution < 1.29 is 9.47 Å². The number of aryl methyl sites for hydroxylation is 1. The summed E-state index contributed by atoms with van der Waals surface area (Å²) in [4.78, 5) is 0. The van der Waals surface area contributed by atoms with Gasteiger partial charge in [0.1, 0.15) is 11.5 Å². The average Bonchev–Trinajstić information content (AvgIpc) is 3.13. The Morgan fingerprint density at radius 1 is 0.750 bits per heavy atom. The highest BCUT2D eigenvalue weighted by atomic mass is 32.1. The van der Waals surface area contributed by atoms with Crippen molar-refractivity contribution in [2.24, 2.45) is 0 Å². The lowest BCUT2D eigenvalue weighted by Crippen LogP contribution is -1.97. The molecule has 0 aliphatic carbocycles. The molecule has 0 spiro atoms. The topological polar surface area (TPSA) is 18.5 Å². The summed E-state index contributed by atoms with van der Waals surface area (Å²) < 4.78 is 10.9. The molecule has 0 aliphatic rings. The summed E-state index contributed by atoms with van der Waals surface area (Å²) in [5.41, 5.74) is 1.51. The van der Waals surface area contributed by atoms with E-state index < -0.39 is 0 Å². The van der Waals surface area contributed by atoms with Crippen LogP contribution in [0.4, 0.5) is 0 Å². The van der Waals surface area contributed by atoms with Crippen LogP contribution in [-0.4, -0.2) is 13.7 Å². The van der Waals surface area contributed by atoms with E-state index in [2.05, 4.69) is 16.8 Å². The van der Waals surface area contributed by atoms with E-state index in [1.54, 1.807) is 18.4 Å². The van der Waals surface area contributed by atoms with Crippen molar-refractivity contribution in [1.29, 1.82) is 0 Å². The molecule has 0 amide bonds. The first kappa shape index (κ1) is 18.9. The third-order valence-corrected chi connectivity index (χ3v) is 5.00. The molecule has 2 rings (SSSR count). The van der Waals surface area contributed by atoms with Gasteiger partial charge in [-0.25, -0.2) is 0 Å². The van der Waals surface area contributed by atoms with Crippen LogP contribution < -0.4 is 9.47 Å². The van der Waals surface area contributed by atoms with E-state index in [1.807, 2.05) is 24.3 Å². The van der Waals surface area contributed by atoms with Crippen molar-refractivity contribution in [3.05, 3.63) is 46.7 Å². The molecule has 0 aliphatic heterocycles. The van der Waals surface area contributed by atoms with Crippen molar-refractivity contribution in [1.82, 2.24) is 0 Å². The Labute approximate surface area is 150 Å². The highest BCUT2D eigenvalue weighted by molar-refractivity contribution is 7.07. The summed E-state index contributed by atoms with van der Waals surface area (Å²) in [5.74, 6) is 1.80. The van der Waals surface area contributed by atoms with Gasteiger partial charge in [0.05, 0.1) is 13.7 Å². The maximum Gasteiger partial charge on any atom is 0.119 e. The Morgan fingerprint density at radius 3 is 2.00 bits per heavy atom. The van der Waals surface area contributed by atoms with E-state index in [0.29, 0.717) is 0 Å². The van der Waals surface area contributed by atoms with Gasteiger partial charge < -0.3 is 9.47 Å². The van der Waals surface area contributed by atoms with Gasteiger partial charge in [0, 0.05) is 0 Å². The molecule has 0 bridgehead atoms. The average molecular weight is 347 g/mol. The molecular weight excluding hydrogens is 316 g/mol. The van der Waals surface area contributed by atoms with Gasteiger partial charge in [-0.15, -0.1) is 0 Å². The molecule has 0 N–H and O–H groups in total. The molecule has 1 aromatic carbocycles. The van der Waals surface area contributed by atoms with E-state index in [9.17, 15) is 0 Å². The number of ether oxygens (including phenoxy) is 2. The molecule has 2 aromatic rings. The van der Waals surface area contributed by atoms with Crippen molar-refractivity contribution in [3.8, 4) is 11.5 Å². The lowest BCUT2D eigenvalue weighted by Gasteiger charge is -2.07. The number of unbranched alkanes of at least 4 members (excludes halogenated alkanes) is 7. The van der Waals surface area contributed by atoms with Crippen LogP contribution in [0.2, 0.25) is 0 Å². The van der Waals surface area contributed by atoms with Gasteiger partial charge in [-0.1, -0.05) is 38.5 Å². The largest absolute Gasteiger partial charge is 0.497 e. The molecule has 0 saturated heterocycles. The second-order valence-corrected chi connectivity index (χ2v) is 7.01. The first-order valence-electron chi connectivity index (χ1n) is 9.16. The Bertz CT molecular complexity index is 519. The number of hydrogen-bond donors (Lipinski definition) is 0. The predicted molar refractivity (Wildman–Crippen MR) is 103 cm³/mol. The van der Waals surface area contributed by atoms with Crippen LogP contribution in [0.25, 0.3) is 0 Å². The molecule has 0 radical (unpaired) electrons. The van der Waals surface area contributed by atoms with Crippen LogP contribution in [0.15, 0.2) is 41.1 Å². The third-order valence-electron chi connectivity index (χ3n) is 4.27. The van der Waals surface area contributed by atoms with Gasteiger partial charge in [0.2, 0.25) is 0 Å². The molecule has 0 atom stereocenters. The lowest BCUT2D eigenvalue weighted by atomic mass is 10.1. The highest BCUT2D eigenvalue weighted by Crippen LogP contribution is 2.17. The second kappa shape index (κ2) is 12.0. The minimum absolute atomic E-state index is 0.812. The maximum absolute atomic E-state index is 5.75.